The van der Waals surface area contributed by atoms with Crippen LogP contribution in [0.1, 0.15) is 12.6 Å². The van der Waals surface area contributed by atoms with Crippen molar-refractivity contribution in [3.63, 3.8) is 0 Å². The molecule has 15 heavy (non-hydrogen) atoms. The molecule has 9 heteroatoms. The lowest BCUT2D eigenvalue weighted by molar-refractivity contribution is -0.388. The van der Waals surface area contributed by atoms with Crippen molar-refractivity contribution < 1.29 is 13.3 Å². The highest BCUT2D eigenvalue weighted by Gasteiger charge is 2.33. The fraction of sp³-hybridized carbons (Fsp3) is 0.500. The van der Waals surface area contributed by atoms with Crippen LogP contribution >= 0.6 is 10.7 Å². The van der Waals surface area contributed by atoms with Crippen molar-refractivity contribution in [1.29, 1.82) is 0 Å². The van der Waals surface area contributed by atoms with Crippen molar-refractivity contribution in [2.24, 2.45) is 0 Å². The molecule has 1 rings (SSSR count). The van der Waals surface area contributed by atoms with Crippen LogP contribution in [0.4, 0.5) is 5.69 Å². The van der Waals surface area contributed by atoms with Gasteiger partial charge in [-0.25, -0.2) is 13.1 Å². The predicted octanol–water partition coefficient (Wildman–Crippen LogP) is 1.05. The maximum Gasteiger partial charge on any atom is 0.330 e. The van der Waals surface area contributed by atoms with Gasteiger partial charge in [-0.1, -0.05) is 0 Å². The highest BCUT2D eigenvalue weighted by molar-refractivity contribution is 8.13. The molecular weight excluding hydrogens is 246 g/mol. The lowest BCUT2D eigenvalue weighted by atomic mass is 10.4. The van der Waals surface area contributed by atoms with Crippen LogP contribution in [-0.4, -0.2) is 23.1 Å². The van der Waals surface area contributed by atoms with E-state index in [1.165, 1.54) is 6.92 Å². The molecule has 1 aromatic heterocycles. The van der Waals surface area contributed by atoms with Crippen LogP contribution in [0, 0.1) is 17.0 Å². The summed E-state index contributed by atoms with van der Waals surface area (Å²) in [5, 5.41) is 13.8. The maximum atomic E-state index is 11.2. The number of aryl methyl sites for hydroxylation is 2. The Balaban J connectivity index is 3.65. The Morgan fingerprint density at radius 3 is 2.47 bits per heavy atom. The highest BCUT2D eigenvalue weighted by atomic mass is 35.7. The van der Waals surface area contributed by atoms with Crippen molar-refractivity contribution >= 4 is 25.4 Å². The molecule has 0 radical (unpaired) electrons. The van der Waals surface area contributed by atoms with E-state index in [4.69, 9.17) is 10.7 Å². The molecule has 0 atom stereocenters. The molecule has 0 fully saturated rings. The van der Waals surface area contributed by atoms with E-state index < -0.39 is 24.7 Å². The summed E-state index contributed by atoms with van der Waals surface area (Å²) in [4.78, 5) is 9.85. The minimum absolute atomic E-state index is 0.0288. The van der Waals surface area contributed by atoms with Gasteiger partial charge in [0.05, 0.1) is 4.92 Å². The second-order valence-corrected chi connectivity index (χ2v) is 5.23. The molecular formula is C6H8ClN3O4S. The normalized spacial score (nSPS) is 11.7. The van der Waals surface area contributed by atoms with Crippen LogP contribution < -0.4 is 0 Å². The lowest BCUT2D eigenvalue weighted by Crippen LogP contribution is -2.06. The minimum atomic E-state index is -4.17. The molecule has 0 saturated heterocycles. The number of hydrogen-bond acceptors (Lipinski definition) is 5. The number of rotatable bonds is 3. The van der Waals surface area contributed by atoms with E-state index in [0.29, 0.717) is 0 Å². The first-order chi connectivity index (χ1) is 6.79. The van der Waals surface area contributed by atoms with Crippen LogP contribution in [0.25, 0.3) is 0 Å². The van der Waals surface area contributed by atoms with Crippen molar-refractivity contribution in [2.75, 3.05) is 0 Å². The smallest absolute Gasteiger partial charge is 0.258 e. The predicted molar refractivity (Wildman–Crippen MR) is 52.3 cm³/mol. The van der Waals surface area contributed by atoms with Crippen molar-refractivity contribution in [1.82, 2.24) is 9.78 Å². The Morgan fingerprint density at radius 1 is 1.60 bits per heavy atom. The number of hydrogen-bond donors (Lipinski definition) is 0. The van der Waals surface area contributed by atoms with E-state index in [1.54, 1.807) is 6.92 Å². The molecule has 0 aliphatic heterocycles. The summed E-state index contributed by atoms with van der Waals surface area (Å²) in [7, 11) is 0.943. The van der Waals surface area contributed by atoms with Crippen molar-refractivity contribution in [2.45, 2.75) is 25.4 Å². The molecule has 0 aliphatic carbocycles. The zero-order valence-corrected chi connectivity index (χ0v) is 9.54. The summed E-state index contributed by atoms with van der Waals surface area (Å²) < 4.78 is 23.3. The van der Waals surface area contributed by atoms with E-state index in [1.807, 2.05) is 0 Å². The van der Waals surface area contributed by atoms with Gasteiger partial charge in [0, 0.05) is 17.2 Å². The van der Waals surface area contributed by atoms with Gasteiger partial charge in [0.15, 0.2) is 0 Å². The fourth-order valence-corrected chi connectivity index (χ4v) is 2.55. The Morgan fingerprint density at radius 2 is 2.13 bits per heavy atom. The zero-order chi connectivity index (χ0) is 11.8. The van der Waals surface area contributed by atoms with Gasteiger partial charge in [-0.2, -0.15) is 5.10 Å². The third-order valence-electron chi connectivity index (χ3n) is 1.76. The van der Waals surface area contributed by atoms with E-state index in [-0.39, 0.29) is 12.2 Å². The molecule has 1 aromatic rings. The summed E-state index contributed by atoms with van der Waals surface area (Å²) in [5.41, 5.74) is -0.534. The molecule has 7 nitrogen and oxygen atoms in total. The zero-order valence-electron chi connectivity index (χ0n) is 7.97. The molecule has 0 aliphatic rings. The second kappa shape index (κ2) is 3.78. The van der Waals surface area contributed by atoms with Gasteiger partial charge in [-0.05, 0) is 13.8 Å². The second-order valence-electron chi connectivity index (χ2n) is 2.75. The summed E-state index contributed by atoms with van der Waals surface area (Å²) >= 11 is 0. The van der Waals surface area contributed by atoms with Gasteiger partial charge in [0.25, 0.3) is 9.05 Å². The Labute approximate surface area is 90.2 Å². The van der Waals surface area contributed by atoms with E-state index in [9.17, 15) is 18.5 Å². The molecule has 0 saturated carbocycles. The van der Waals surface area contributed by atoms with Gasteiger partial charge in [0.2, 0.25) is 5.03 Å². The number of nitrogens with zero attached hydrogens (tertiary/aromatic N) is 3. The molecule has 0 amide bonds. The molecule has 0 bridgehead atoms. The fourth-order valence-electron chi connectivity index (χ4n) is 1.22. The standard InChI is InChI=1S/C6H8ClN3O4S/c1-3-9-6(15(7,13)14)5(10(11)12)4(2)8-9/h3H2,1-2H3. The molecule has 0 spiro atoms. The summed E-state index contributed by atoms with van der Waals surface area (Å²) in [5.74, 6) is 0. The SMILES string of the molecule is CCn1nc(C)c([N+](=O)[O-])c1S(=O)(=O)Cl. The number of nitro groups is 1. The van der Waals surface area contributed by atoms with Crippen molar-refractivity contribution in [3.8, 4) is 0 Å². The van der Waals surface area contributed by atoms with Gasteiger partial charge in [-0.15, -0.1) is 0 Å². The third-order valence-corrected chi connectivity index (χ3v) is 3.07. The number of aromatic nitrogens is 2. The van der Waals surface area contributed by atoms with Crippen LogP contribution in [0.3, 0.4) is 0 Å². The largest absolute Gasteiger partial charge is 0.330 e. The first kappa shape index (κ1) is 11.9. The average Bonchev–Trinajstić information content (AvgIpc) is 2.41. The van der Waals surface area contributed by atoms with Crippen LogP contribution in [0.5, 0.6) is 0 Å². The van der Waals surface area contributed by atoms with E-state index in [0.717, 1.165) is 4.68 Å². The first-order valence-electron chi connectivity index (χ1n) is 3.95. The molecule has 1 heterocycles. The van der Waals surface area contributed by atoms with Gasteiger partial charge in [0.1, 0.15) is 5.69 Å². The summed E-state index contributed by atoms with van der Waals surface area (Å²) in [6.07, 6.45) is 0. The van der Waals surface area contributed by atoms with Crippen LogP contribution in [-0.2, 0) is 15.6 Å². The Kier molecular flexibility index (Phi) is 3.00. The highest BCUT2D eigenvalue weighted by Crippen LogP contribution is 2.29. The summed E-state index contributed by atoms with van der Waals surface area (Å²) in [6, 6.07) is 0. The van der Waals surface area contributed by atoms with Gasteiger partial charge in [-0.3, -0.25) is 10.1 Å². The van der Waals surface area contributed by atoms with E-state index in [2.05, 4.69) is 5.10 Å². The maximum absolute atomic E-state index is 11.2. The van der Waals surface area contributed by atoms with Gasteiger partial charge >= 0.3 is 5.69 Å². The van der Waals surface area contributed by atoms with Gasteiger partial charge < -0.3 is 0 Å². The molecule has 84 valence electrons. The average molecular weight is 254 g/mol. The first-order valence-corrected chi connectivity index (χ1v) is 6.26. The molecule has 0 aromatic carbocycles. The topological polar surface area (TPSA) is 95.1 Å². The quantitative estimate of drug-likeness (QED) is 0.456. The Bertz CT molecular complexity index is 507. The Hall–Kier alpha value is -1.15. The molecule has 0 N–H and O–H groups in total. The van der Waals surface area contributed by atoms with Crippen LogP contribution in [0.2, 0.25) is 0 Å². The van der Waals surface area contributed by atoms with Crippen molar-refractivity contribution in [3.05, 3.63) is 15.8 Å². The van der Waals surface area contributed by atoms with E-state index >= 15 is 0 Å². The minimum Gasteiger partial charge on any atom is -0.258 e. The molecule has 0 unspecified atom stereocenters. The third kappa shape index (κ3) is 2.10. The van der Waals surface area contributed by atoms with Crippen LogP contribution in [0.15, 0.2) is 5.03 Å². The lowest BCUT2D eigenvalue weighted by Gasteiger charge is -1.98. The number of halogens is 1. The monoisotopic (exact) mass is 253 g/mol. The summed E-state index contributed by atoms with van der Waals surface area (Å²) in [6.45, 7) is 3.16.